The lowest BCUT2D eigenvalue weighted by molar-refractivity contribution is -0.137. The van der Waals surface area contributed by atoms with Crippen molar-refractivity contribution in [2.75, 3.05) is 27.2 Å². The zero-order valence-electron chi connectivity index (χ0n) is 16.7. The minimum Gasteiger partial charge on any atom is -0.463 e. The normalized spacial score (nSPS) is 14.5. The molecule has 0 spiro atoms. The Bertz CT molecular complexity index is 867. The van der Waals surface area contributed by atoms with E-state index < -0.39 is 0 Å². The maximum atomic E-state index is 11.6. The number of halogens is 1. The summed E-state index contributed by atoms with van der Waals surface area (Å²) in [6.07, 6.45) is 8.87. The summed E-state index contributed by atoms with van der Waals surface area (Å²) in [5.41, 5.74) is 5.47. The predicted octanol–water partition coefficient (Wildman–Crippen LogP) is 5.23. The molecule has 1 aliphatic rings. The molecule has 0 atom stereocenters. The molecule has 0 radical (unpaired) electrons. The molecule has 0 saturated heterocycles. The number of carbonyl (C=O) groups is 1. The van der Waals surface area contributed by atoms with Gasteiger partial charge in [-0.2, -0.15) is 0 Å². The van der Waals surface area contributed by atoms with Gasteiger partial charge in [0.2, 0.25) is 0 Å². The smallest absolute Gasteiger partial charge is 0.330 e. The maximum absolute atomic E-state index is 11.6. The molecule has 5 heteroatoms. The Hall–Kier alpha value is -1.88. The zero-order valence-corrected chi connectivity index (χ0v) is 18.4. The number of nitrogens with zero attached hydrogens (tertiary/aromatic N) is 1. The van der Waals surface area contributed by atoms with Gasteiger partial charge in [-0.3, -0.25) is 0 Å². The Morgan fingerprint density at radius 1 is 1.21 bits per heavy atom. The first-order valence-electron chi connectivity index (χ1n) is 9.49. The van der Waals surface area contributed by atoms with E-state index in [1.165, 1.54) is 33.2 Å². The molecule has 0 saturated carbocycles. The van der Waals surface area contributed by atoms with Crippen molar-refractivity contribution in [2.24, 2.45) is 0 Å². The second kappa shape index (κ2) is 10.6. The second-order valence-corrected chi connectivity index (χ2v) is 8.04. The zero-order chi connectivity index (χ0) is 19.2. The van der Waals surface area contributed by atoms with Gasteiger partial charge in [0.1, 0.15) is 0 Å². The summed E-state index contributed by atoms with van der Waals surface area (Å²) in [6, 6.07) is 11.0. The molecule has 3 nitrogen and oxygen atoms in total. The fourth-order valence-corrected chi connectivity index (χ4v) is 4.52. The van der Waals surface area contributed by atoms with Crippen LogP contribution in [0.1, 0.15) is 39.8 Å². The Morgan fingerprint density at radius 3 is 2.71 bits per heavy atom. The third-order valence-corrected chi connectivity index (χ3v) is 5.81. The van der Waals surface area contributed by atoms with E-state index in [0.717, 1.165) is 30.7 Å². The first-order valence-corrected chi connectivity index (χ1v) is 10.3. The van der Waals surface area contributed by atoms with Crippen molar-refractivity contribution in [3.8, 4) is 0 Å². The van der Waals surface area contributed by atoms with E-state index in [1.54, 1.807) is 11.3 Å². The predicted molar refractivity (Wildman–Crippen MR) is 121 cm³/mol. The Kier molecular flexibility index (Phi) is 8.49. The molecular weight excluding hydrogens is 390 g/mol. The molecule has 0 bridgehead atoms. The lowest BCUT2D eigenvalue weighted by Gasteiger charge is -2.11. The van der Waals surface area contributed by atoms with Gasteiger partial charge in [0.05, 0.1) is 6.61 Å². The highest BCUT2D eigenvalue weighted by Crippen LogP contribution is 2.39. The van der Waals surface area contributed by atoms with Gasteiger partial charge in [0, 0.05) is 22.4 Å². The molecule has 3 rings (SSSR count). The highest BCUT2D eigenvalue weighted by Gasteiger charge is 2.20. The van der Waals surface area contributed by atoms with E-state index in [9.17, 15) is 4.79 Å². The number of carbonyl (C=O) groups excluding carboxylic acids is 1. The average Bonchev–Trinajstić information content (AvgIpc) is 2.99. The van der Waals surface area contributed by atoms with Crippen LogP contribution in [0.3, 0.4) is 0 Å². The summed E-state index contributed by atoms with van der Waals surface area (Å²) in [4.78, 5) is 16.3. The lowest BCUT2D eigenvalue weighted by Crippen LogP contribution is -2.12. The van der Waals surface area contributed by atoms with Crippen molar-refractivity contribution in [1.82, 2.24) is 4.90 Å². The summed E-state index contributed by atoms with van der Waals surface area (Å²) < 4.78 is 4.99. The van der Waals surface area contributed by atoms with Crippen molar-refractivity contribution in [1.29, 1.82) is 0 Å². The number of benzene rings is 1. The molecule has 28 heavy (non-hydrogen) atoms. The van der Waals surface area contributed by atoms with Crippen LogP contribution in [0, 0.1) is 0 Å². The first-order chi connectivity index (χ1) is 13.1. The van der Waals surface area contributed by atoms with Crippen molar-refractivity contribution in [2.45, 2.75) is 26.2 Å². The number of hydrogen-bond donors (Lipinski definition) is 0. The Morgan fingerprint density at radius 2 is 1.96 bits per heavy atom. The van der Waals surface area contributed by atoms with E-state index >= 15 is 0 Å². The molecule has 0 aliphatic heterocycles. The molecule has 1 aliphatic carbocycles. The SMILES string of the molecule is CCOC(=O)/C=C/c1cc2c(s1)/C(=C\CCN(C)C)c1ccccc1CC2.Cl. The van der Waals surface area contributed by atoms with Crippen LogP contribution in [-0.2, 0) is 22.4 Å². The number of rotatable bonds is 6. The summed E-state index contributed by atoms with van der Waals surface area (Å²) in [5.74, 6) is -0.284. The number of thiophene rings is 1. The van der Waals surface area contributed by atoms with Gasteiger partial charge in [0.25, 0.3) is 0 Å². The average molecular weight is 418 g/mol. The monoisotopic (exact) mass is 417 g/mol. The number of fused-ring (bicyclic) bond motifs is 2. The van der Waals surface area contributed by atoms with E-state index in [1.807, 2.05) is 13.0 Å². The summed E-state index contributed by atoms with van der Waals surface area (Å²) in [5, 5.41) is 0. The van der Waals surface area contributed by atoms with Crippen LogP contribution < -0.4 is 0 Å². The topological polar surface area (TPSA) is 29.5 Å². The molecule has 1 aromatic heterocycles. The summed E-state index contributed by atoms with van der Waals surface area (Å²) in [7, 11) is 4.21. The molecule has 2 aromatic rings. The standard InChI is InChI=1S/C23H27NO2S.ClH/c1-4-26-22(25)14-13-19-16-18-12-11-17-8-5-6-9-20(17)21(23(18)27-19)10-7-15-24(2)3;/h5-6,8-10,13-14,16H,4,7,11-12,15H2,1-3H3;1H/b14-13+,21-10-;. The van der Waals surface area contributed by atoms with E-state index in [2.05, 4.69) is 55.4 Å². The van der Waals surface area contributed by atoms with Gasteiger partial charge < -0.3 is 9.64 Å². The van der Waals surface area contributed by atoms with Crippen molar-refractivity contribution < 1.29 is 9.53 Å². The number of ether oxygens (including phenoxy) is 1. The van der Waals surface area contributed by atoms with Crippen molar-refractivity contribution >= 4 is 41.4 Å². The third kappa shape index (κ3) is 5.57. The molecule has 0 unspecified atom stereocenters. The van der Waals surface area contributed by atoms with Crippen LogP contribution in [0.25, 0.3) is 11.6 Å². The van der Waals surface area contributed by atoms with Gasteiger partial charge >= 0.3 is 5.97 Å². The second-order valence-electron chi connectivity index (χ2n) is 6.96. The first kappa shape index (κ1) is 22.4. The molecule has 0 fully saturated rings. The van der Waals surface area contributed by atoms with Crippen molar-refractivity contribution in [3.05, 3.63) is 68.9 Å². The van der Waals surface area contributed by atoms with Gasteiger partial charge in [0.15, 0.2) is 0 Å². The van der Waals surface area contributed by atoms with Crippen molar-refractivity contribution in [3.63, 3.8) is 0 Å². The molecule has 0 amide bonds. The molecule has 150 valence electrons. The highest BCUT2D eigenvalue weighted by molar-refractivity contribution is 7.14. The molecule has 1 heterocycles. The number of hydrogen-bond acceptors (Lipinski definition) is 4. The summed E-state index contributed by atoms with van der Waals surface area (Å²) >= 11 is 1.76. The molecule has 1 aromatic carbocycles. The van der Waals surface area contributed by atoms with Crippen LogP contribution in [0.2, 0.25) is 0 Å². The molecular formula is C23H28ClNO2S. The quantitative estimate of drug-likeness (QED) is 0.476. The van der Waals surface area contributed by atoms with E-state index in [-0.39, 0.29) is 18.4 Å². The third-order valence-electron chi connectivity index (χ3n) is 4.64. The molecule has 0 N–H and O–H groups in total. The van der Waals surface area contributed by atoms with Gasteiger partial charge in [-0.1, -0.05) is 30.3 Å². The maximum Gasteiger partial charge on any atom is 0.330 e. The Labute approximate surface area is 178 Å². The largest absolute Gasteiger partial charge is 0.463 e. The Balaban J connectivity index is 0.00000280. The number of esters is 1. The minimum atomic E-state index is -0.284. The van der Waals surface area contributed by atoms with Crippen LogP contribution in [0.15, 0.2) is 42.5 Å². The van der Waals surface area contributed by atoms with Crippen LogP contribution in [-0.4, -0.2) is 38.1 Å². The fourth-order valence-electron chi connectivity index (χ4n) is 3.35. The van der Waals surface area contributed by atoms with E-state index in [0.29, 0.717) is 6.61 Å². The van der Waals surface area contributed by atoms with E-state index in [4.69, 9.17) is 4.74 Å². The fraction of sp³-hybridized carbons (Fsp3) is 0.348. The minimum absolute atomic E-state index is 0. The van der Waals surface area contributed by atoms with Gasteiger partial charge in [-0.05, 0) is 74.7 Å². The summed E-state index contributed by atoms with van der Waals surface area (Å²) in [6.45, 7) is 3.25. The van der Waals surface area contributed by atoms with Gasteiger partial charge in [-0.15, -0.1) is 23.7 Å². The van der Waals surface area contributed by atoms with Gasteiger partial charge in [-0.25, -0.2) is 4.79 Å². The lowest BCUT2D eigenvalue weighted by atomic mass is 9.98. The van der Waals surface area contributed by atoms with Crippen LogP contribution in [0.4, 0.5) is 0 Å². The van der Waals surface area contributed by atoms with Crippen LogP contribution >= 0.6 is 23.7 Å². The van der Waals surface area contributed by atoms with Crippen LogP contribution in [0.5, 0.6) is 0 Å². The number of aryl methyl sites for hydroxylation is 2. The highest BCUT2D eigenvalue weighted by atomic mass is 35.5.